The van der Waals surface area contributed by atoms with Gasteiger partial charge in [-0.05, 0) is 64.8 Å². The first-order valence-corrected chi connectivity index (χ1v) is 11.8. The number of aromatic nitrogens is 5. The number of nitrogens with zero attached hydrogens (tertiary/aromatic N) is 6. The number of amides is 1. The molecule has 3 aromatic rings. The van der Waals surface area contributed by atoms with Crippen LogP contribution in [0.3, 0.4) is 0 Å². The van der Waals surface area contributed by atoms with Gasteiger partial charge in [0.2, 0.25) is 0 Å². The largest absolute Gasteiger partial charge is 0.367 e. The minimum Gasteiger partial charge on any atom is -0.367 e. The van der Waals surface area contributed by atoms with Crippen molar-refractivity contribution in [1.29, 1.82) is 0 Å². The monoisotopic (exact) mass is 498 g/mol. The van der Waals surface area contributed by atoms with E-state index in [1.165, 1.54) is 6.42 Å². The van der Waals surface area contributed by atoms with Gasteiger partial charge in [0.25, 0.3) is 5.91 Å². The van der Waals surface area contributed by atoms with Crippen molar-refractivity contribution in [3.05, 3.63) is 53.7 Å². The Morgan fingerprint density at radius 2 is 2.06 bits per heavy atom. The molecule has 9 nitrogen and oxygen atoms in total. The normalized spacial score (nSPS) is 16.0. The number of hydrogen-bond donors (Lipinski definition) is 2. The second kappa shape index (κ2) is 11.1. The summed E-state index contributed by atoms with van der Waals surface area (Å²) in [6, 6.07) is 6.72. The minimum absolute atomic E-state index is 0. The number of carbonyl (C=O) groups is 1. The number of anilines is 1. The molecule has 2 N–H and O–H groups in total. The third kappa shape index (κ3) is 6.15. The molecule has 1 aromatic carbocycles. The molecular weight excluding hydrogens is 464 g/mol. The minimum atomic E-state index is -0.235. The Hall–Kier alpha value is -3.04. The standard InChI is InChI=1S/C25H34N8O.ClH/c1-17-11-18(23-22(13-27-16-29-23)32-10-6-7-20(14-32)26-5)8-9-19(17)12-28-24(34)21-15-33(31-30-21)25(2,3)4;/h8-9,11,13,15-16,20,26H,6-7,10,12,14H2,1-5H3,(H,28,34);1H. The molecule has 4 rings (SSSR count). The third-order valence-electron chi connectivity index (χ3n) is 6.33. The van der Waals surface area contributed by atoms with E-state index in [1.807, 2.05) is 34.0 Å². The van der Waals surface area contributed by atoms with Crippen LogP contribution in [0.5, 0.6) is 0 Å². The fourth-order valence-corrected chi connectivity index (χ4v) is 4.21. The van der Waals surface area contributed by atoms with E-state index in [4.69, 9.17) is 0 Å². The topological polar surface area (TPSA) is 101 Å². The van der Waals surface area contributed by atoms with Crippen LogP contribution in [-0.2, 0) is 12.1 Å². The molecule has 35 heavy (non-hydrogen) atoms. The molecule has 0 aliphatic carbocycles. The number of nitrogens with one attached hydrogen (secondary N) is 2. The van der Waals surface area contributed by atoms with Gasteiger partial charge < -0.3 is 15.5 Å². The van der Waals surface area contributed by atoms with Crippen molar-refractivity contribution < 1.29 is 4.79 Å². The number of aryl methyl sites for hydroxylation is 1. The highest BCUT2D eigenvalue weighted by molar-refractivity contribution is 5.91. The molecule has 0 saturated carbocycles. The van der Waals surface area contributed by atoms with E-state index in [0.717, 1.165) is 47.6 Å². The van der Waals surface area contributed by atoms with Gasteiger partial charge in [0, 0.05) is 31.2 Å². The molecule has 1 fully saturated rings. The van der Waals surface area contributed by atoms with Crippen LogP contribution in [0.15, 0.2) is 36.9 Å². The quantitative estimate of drug-likeness (QED) is 0.537. The lowest BCUT2D eigenvalue weighted by molar-refractivity contribution is 0.0945. The first kappa shape index (κ1) is 26.6. The zero-order chi connectivity index (χ0) is 24.3. The molecule has 0 radical (unpaired) electrons. The Labute approximate surface area is 213 Å². The van der Waals surface area contributed by atoms with Crippen molar-refractivity contribution >= 4 is 24.0 Å². The Bertz CT molecular complexity index is 1160. The molecule has 2 aromatic heterocycles. The predicted molar refractivity (Wildman–Crippen MR) is 140 cm³/mol. The summed E-state index contributed by atoms with van der Waals surface area (Å²) in [6.07, 6.45) is 7.52. The highest BCUT2D eigenvalue weighted by Gasteiger charge is 2.22. The molecule has 1 atom stereocenters. The Morgan fingerprint density at radius 3 is 2.74 bits per heavy atom. The molecule has 188 valence electrons. The molecule has 0 bridgehead atoms. The van der Waals surface area contributed by atoms with Crippen molar-refractivity contribution in [2.24, 2.45) is 0 Å². The number of carbonyl (C=O) groups excluding carboxylic acids is 1. The summed E-state index contributed by atoms with van der Waals surface area (Å²) in [7, 11) is 2.02. The Balaban J connectivity index is 0.00000342. The predicted octanol–water partition coefficient (Wildman–Crippen LogP) is 3.34. The average Bonchev–Trinajstić information content (AvgIpc) is 3.34. The fourth-order valence-electron chi connectivity index (χ4n) is 4.21. The van der Waals surface area contributed by atoms with E-state index >= 15 is 0 Å². The molecule has 1 amide bonds. The maximum Gasteiger partial charge on any atom is 0.273 e. The number of hydrogen-bond acceptors (Lipinski definition) is 7. The van der Waals surface area contributed by atoms with Gasteiger partial charge in [0.15, 0.2) is 5.69 Å². The van der Waals surface area contributed by atoms with E-state index in [-0.39, 0.29) is 23.9 Å². The second-order valence-electron chi connectivity index (χ2n) is 9.87. The molecule has 10 heteroatoms. The summed E-state index contributed by atoms with van der Waals surface area (Å²) < 4.78 is 1.70. The fraction of sp³-hybridized carbons (Fsp3) is 0.480. The van der Waals surface area contributed by atoms with Crippen LogP contribution in [0.25, 0.3) is 11.3 Å². The third-order valence-corrected chi connectivity index (χ3v) is 6.33. The number of benzene rings is 1. The van der Waals surface area contributed by atoms with Gasteiger partial charge >= 0.3 is 0 Å². The van der Waals surface area contributed by atoms with Crippen LogP contribution in [0.1, 0.15) is 55.2 Å². The molecule has 3 heterocycles. The van der Waals surface area contributed by atoms with Crippen LogP contribution in [0, 0.1) is 6.92 Å². The molecule has 1 aliphatic rings. The highest BCUT2D eigenvalue weighted by atomic mass is 35.5. The average molecular weight is 499 g/mol. The van der Waals surface area contributed by atoms with Crippen LogP contribution < -0.4 is 15.5 Å². The van der Waals surface area contributed by atoms with E-state index < -0.39 is 0 Å². The van der Waals surface area contributed by atoms with Gasteiger partial charge in [-0.2, -0.15) is 0 Å². The van der Waals surface area contributed by atoms with Crippen molar-refractivity contribution in [2.75, 3.05) is 25.0 Å². The summed E-state index contributed by atoms with van der Waals surface area (Å²) in [5.41, 5.74) is 5.27. The summed E-state index contributed by atoms with van der Waals surface area (Å²) in [5, 5.41) is 14.4. The van der Waals surface area contributed by atoms with Crippen LogP contribution in [-0.4, -0.2) is 57.0 Å². The van der Waals surface area contributed by atoms with E-state index in [9.17, 15) is 4.79 Å². The summed E-state index contributed by atoms with van der Waals surface area (Å²) in [4.78, 5) is 23.9. The molecule has 0 spiro atoms. The SMILES string of the molecule is CNC1CCCN(c2cncnc2-c2ccc(CNC(=O)c3cn(C(C)(C)C)nn3)c(C)c2)C1.Cl. The van der Waals surface area contributed by atoms with E-state index in [1.54, 1.807) is 17.2 Å². The molecule has 1 aliphatic heterocycles. The first-order valence-electron chi connectivity index (χ1n) is 11.8. The highest BCUT2D eigenvalue weighted by Crippen LogP contribution is 2.31. The van der Waals surface area contributed by atoms with Gasteiger partial charge in [-0.15, -0.1) is 17.5 Å². The lowest BCUT2D eigenvalue weighted by Crippen LogP contribution is -2.44. The van der Waals surface area contributed by atoms with Crippen molar-refractivity contribution in [3.8, 4) is 11.3 Å². The van der Waals surface area contributed by atoms with Crippen LogP contribution in [0.4, 0.5) is 5.69 Å². The number of piperidine rings is 1. The Morgan fingerprint density at radius 1 is 1.26 bits per heavy atom. The number of likely N-dealkylation sites (N-methyl/N-ethyl adjacent to an activating group) is 1. The second-order valence-corrected chi connectivity index (χ2v) is 9.87. The summed E-state index contributed by atoms with van der Waals surface area (Å²) in [5.74, 6) is -0.235. The lowest BCUT2D eigenvalue weighted by atomic mass is 10.0. The van der Waals surface area contributed by atoms with Crippen molar-refractivity contribution in [1.82, 2.24) is 35.6 Å². The zero-order valence-electron chi connectivity index (χ0n) is 21.1. The van der Waals surface area contributed by atoms with Gasteiger partial charge in [0.05, 0.1) is 29.3 Å². The molecular formula is C25H35ClN8O. The van der Waals surface area contributed by atoms with Crippen LogP contribution in [0.2, 0.25) is 0 Å². The van der Waals surface area contributed by atoms with Crippen molar-refractivity contribution in [2.45, 2.75) is 58.7 Å². The van der Waals surface area contributed by atoms with Gasteiger partial charge in [-0.1, -0.05) is 17.3 Å². The van der Waals surface area contributed by atoms with Gasteiger partial charge in [-0.3, -0.25) is 4.79 Å². The zero-order valence-corrected chi connectivity index (χ0v) is 21.9. The molecule has 1 saturated heterocycles. The lowest BCUT2D eigenvalue weighted by Gasteiger charge is -2.34. The maximum absolute atomic E-state index is 12.6. The van der Waals surface area contributed by atoms with E-state index in [2.05, 4.69) is 60.9 Å². The van der Waals surface area contributed by atoms with Gasteiger partial charge in [-0.25, -0.2) is 14.6 Å². The Kier molecular flexibility index (Phi) is 8.45. The maximum atomic E-state index is 12.6. The molecule has 1 unspecified atom stereocenters. The number of rotatable bonds is 6. The summed E-state index contributed by atoms with van der Waals surface area (Å²) in [6.45, 7) is 10.5. The van der Waals surface area contributed by atoms with Crippen LogP contribution >= 0.6 is 12.4 Å². The van der Waals surface area contributed by atoms with Gasteiger partial charge in [0.1, 0.15) is 6.33 Å². The smallest absolute Gasteiger partial charge is 0.273 e. The van der Waals surface area contributed by atoms with E-state index in [0.29, 0.717) is 18.3 Å². The summed E-state index contributed by atoms with van der Waals surface area (Å²) >= 11 is 0. The first-order chi connectivity index (χ1) is 16.3. The van der Waals surface area contributed by atoms with Crippen molar-refractivity contribution in [3.63, 3.8) is 0 Å². The number of halogens is 1.